The van der Waals surface area contributed by atoms with Crippen LogP contribution in [-0.4, -0.2) is 11.7 Å². The molecule has 0 aliphatic rings. The number of hydrogen-bond donors (Lipinski definition) is 1. The van der Waals surface area contributed by atoms with Gasteiger partial charge in [-0.1, -0.05) is 15.9 Å². The Morgan fingerprint density at radius 2 is 2.40 bits per heavy atom. The molecule has 1 rings (SSSR count). The molecule has 1 aromatic rings. The molecule has 0 radical (unpaired) electrons. The summed E-state index contributed by atoms with van der Waals surface area (Å²) >= 11 is 4.79. The van der Waals surface area contributed by atoms with Gasteiger partial charge in [0.2, 0.25) is 5.91 Å². The minimum absolute atomic E-state index is 0.260. The lowest BCUT2D eigenvalue weighted by Gasteiger charge is -2.04. The zero-order valence-corrected chi connectivity index (χ0v) is 10.5. The standard InChI is InChI=1S/C10H9BrN2OS/c1-7-4-8(11)2-3-9(7)15-5-10(14)13-6-12/h2-4H,5H2,1H3,(H,13,14). The Kier molecular flexibility index (Phi) is 4.66. The van der Waals surface area contributed by atoms with Crippen LogP contribution in [0, 0.1) is 18.4 Å². The number of thioether (sulfide) groups is 1. The highest BCUT2D eigenvalue weighted by Gasteiger charge is 2.04. The van der Waals surface area contributed by atoms with Crippen LogP contribution in [0.5, 0.6) is 0 Å². The van der Waals surface area contributed by atoms with Crippen LogP contribution in [0.3, 0.4) is 0 Å². The molecule has 0 aliphatic heterocycles. The Hall–Kier alpha value is -0.990. The monoisotopic (exact) mass is 284 g/mol. The minimum atomic E-state index is -0.273. The van der Waals surface area contributed by atoms with Crippen LogP contribution in [0.4, 0.5) is 0 Å². The van der Waals surface area contributed by atoms with Crippen LogP contribution >= 0.6 is 27.7 Å². The van der Waals surface area contributed by atoms with E-state index in [1.165, 1.54) is 11.8 Å². The Bertz CT molecular complexity index is 414. The van der Waals surface area contributed by atoms with E-state index in [4.69, 9.17) is 5.26 Å². The number of benzene rings is 1. The Labute approximate surface area is 101 Å². The van der Waals surface area contributed by atoms with Crippen LogP contribution in [-0.2, 0) is 4.79 Å². The molecule has 0 fully saturated rings. The molecule has 0 bridgehead atoms. The number of amides is 1. The van der Waals surface area contributed by atoms with Gasteiger partial charge in [0.15, 0.2) is 6.19 Å². The maximum Gasteiger partial charge on any atom is 0.243 e. The van der Waals surface area contributed by atoms with Gasteiger partial charge in [0, 0.05) is 9.37 Å². The zero-order valence-electron chi connectivity index (χ0n) is 8.08. The van der Waals surface area contributed by atoms with Crippen LogP contribution in [0.25, 0.3) is 0 Å². The number of nitrogens with zero attached hydrogens (tertiary/aromatic N) is 1. The first-order valence-electron chi connectivity index (χ1n) is 4.20. The second-order valence-electron chi connectivity index (χ2n) is 2.86. The van der Waals surface area contributed by atoms with Crippen molar-refractivity contribution in [1.29, 1.82) is 5.26 Å². The van der Waals surface area contributed by atoms with Crippen molar-refractivity contribution in [1.82, 2.24) is 5.32 Å². The molecule has 5 heteroatoms. The van der Waals surface area contributed by atoms with E-state index >= 15 is 0 Å². The van der Waals surface area contributed by atoms with Crippen molar-refractivity contribution < 1.29 is 4.79 Å². The number of nitriles is 1. The van der Waals surface area contributed by atoms with E-state index in [1.807, 2.05) is 25.1 Å². The fourth-order valence-corrected chi connectivity index (χ4v) is 2.30. The van der Waals surface area contributed by atoms with Crippen molar-refractivity contribution in [3.63, 3.8) is 0 Å². The number of carbonyl (C=O) groups excluding carboxylic acids is 1. The maximum absolute atomic E-state index is 11.0. The lowest BCUT2D eigenvalue weighted by atomic mass is 10.2. The normalized spacial score (nSPS) is 9.40. The Balaban J connectivity index is 2.59. The molecule has 0 unspecified atom stereocenters. The molecular weight excluding hydrogens is 276 g/mol. The van der Waals surface area contributed by atoms with E-state index in [-0.39, 0.29) is 11.7 Å². The Morgan fingerprint density at radius 3 is 3.00 bits per heavy atom. The largest absolute Gasteiger partial charge is 0.273 e. The second-order valence-corrected chi connectivity index (χ2v) is 4.79. The van der Waals surface area contributed by atoms with E-state index in [2.05, 4.69) is 21.2 Å². The molecule has 0 aliphatic carbocycles. The average Bonchev–Trinajstić information content (AvgIpc) is 2.17. The third kappa shape index (κ3) is 3.94. The molecular formula is C10H9BrN2OS. The summed E-state index contributed by atoms with van der Waals surface area (Å²) in [4.78, 5) is 12.1. The molecule has 0 atom stereocenters. The van der Waals surface area contributed by atoms with Crippen molar-refractivity contribution in [2.24, 2.45) is 0 Å². The molecule has 0 saturated heterocycles. The van der Waals surface area contributed by atoms with E-state index < -0.39 is 0 Å². The highest BCUT2D eigenvalue weighted by atomic mass is 79.9. The number of hydrogen-bond acceptors (Lipinski definition) is 3. The van der Waals surface area contributed by atoms with Gasteiger partial charge in [-0.05, 0) is 30.7 Å². The summed E-state index contributed by atoms with van der Waals surface area (Å²) in [5.41, 5.74) is 1.11. The summed E-state index contributed by atoms with van der Waals surface area (Å²) in [5.74, 6) is -0.0134. The Morgan fingerprint density at radius 1 is 1.67 bits per heavy atom. The van der Waals surface area contributed by atoms with Crippen LogP contribution in [0.1, 0.15) is 5.56 Å². The first kappa shape index (κ1) is 12.1. The predicted molar refractivity (Wildman–Crippen MR) is 63.4 cm³/mol. The van der Waals surface area contributed by atoms with Crippen LogP contribution in [0.15, 0.2) is 27.6 Å². The molecule has 0 spiro atoms. The molecule has 3 nitrogen and oxygen atoms in total. The summed E-state index contributed by atoms with van der Waals surface area (Å²) in [6.45, 7) is 1.98. The van der Waals surface area contributed by atoms with Gasteiger partial charge in [-0.2, -0.15) is 5.26 Å². The number of rotatable bonds is 3. The fourth-order valence-electron chi connectivity index (χ4n) is 1.02. The third-order valence-electron chi connectivity index (χ3n) is 1.69. The minimum Gasteiger partial charge on any atom is -0.273 e. The van der Waals surface area contributed by atoms with Gasteiger partial charge >= 0.3 is 0 Å². The van der Waals surface area contributed by atoms with Crippen molar-refractivity contribution in [2.45, 2.75) is 11.8 Å². The van der Waals surface area contributed by atoms with Gasteiger partial charge in [0.05, 0.1) is 5.75 Å². The highest BCUT2D eigenvalue weighted by molar-refractivity contribution is 9.10. The number of halogens is 1. The number of aryl methyl sites for hydroxylation is 1. The molecule has 0 heterocycles. The molecule has 1 amide bonds. The lowest BCUT2D eigenvalue weighted by Crippen LogP contribution is -2.19. The van der Waals surface area contributed by atoms with E-state index in [1.54, 1.807) is 6.19 Å². The summed E-state index contributed by atoms with van der Waals surface area (Å²) in [6.07, 6.45) is 1.61. The summed E-state index contributed by atoms with van der Waals surface area (Å²) in [7, 11) is 0. The van der Waals surface area contributed by atoms with Gasteiger partial charge in [-0.3, -0.25) is 10.1 Å². The van der Waals surface area contributed by atoms with Crippen molar-refractivity contribution >= 4 is 33.6 Å². The number of carbonyl (C=O) groups is 1. The first-order valence-corrected chi connectivity index (χ1v) is 5.98. The predicted octanol–water partition coefficient (Wildman–Crippen LogP) is 2.45. The fraction of sp³-hybridized carbons (Fsp3) is 0.200. The summed E-state index contributed by atoms with van der Waals surface area (Å²) in [6, 6.07) is 5.87. The van der Waals surface area contributed by atoms with E-state index in [0.29, 0.717) is 0 Å². The van der Waals surface area contributed by atoms with E-state index in [0.717, 1.165) is 14.9 Å². The summed E-state index contributed by atoms with van der Waals surface area (Å²) < 4.78 is 1.02. The molecule has 1 aromatic carbocycles. The summed E-state index contributed by atoms with van der Waals surface area (Å²) in [5, 5.41) is 10.3. The first-order chi connectivity index (χ1) is 7.13. The van der Waals surface area contributed by atoms with Crippen molar-refractivity contribution in [2.75, 3.05) is 5.75 Å². The second kappa shape index (κ2) is 5.79. The van der Waals surface area contributed by atoms with Gasteiger partial charge in [-0.15, -0.1) is 11.8 Å². The topological polar surface area (TPSA) is 52.9 Å². The van der Waals surface area contributed by atoms with Crippen LogP contribution in [0.2, 0.25) is 0 Å². The SMILES string of the molecule is Cc1cc(Br)ccc1SCC(=O)NC#N. The number of nitrogens with one attached hydrogen (secondary N) is 1. The van der Waals surface area contributed by atoms with Crippen molar-refractivity contribution in [3.05, 3.63) is 28.2 Å². The average molecular weight is 285 g/mol. The third-order valence-corrected chi connectivity index (χ3v) is 3.36. The van der Waals surface area contributed by atoms with E-state index in [9.17, 15) is 4.79 Å². The van der Waals surface area contributed by atoms with Crippen molar-refractivity contribution in [3.8, 4) is 6.19 Å². The van der Waals surface area contributed by atoms with Gasteiger partial charge in [0.25, 0.3) is 0 Å². The molecule has 1 N–H and O–H groups in total. The highest BCUT2D eigenvalue weighted by Crippen LogP contribution is 2.24. The quantitative estimate of drug-likeness (QED) is 0.527. The molecule has 78 valence electrons. The smallest absolute Gasteiger partial charge is 0.243 e. The maximum atomic E-state index is 11.0. The van der Waals surface area contributed by atoms with Gasteiger partial charge in [0.1, 0.15) is 0 Å². The van der Waals surface area contributed by atoms with Gasteiger partial charge < -0.3 is 0 Å². The molecule has 0 aromatic heterocycles. The zero-order chi connectivity index (χ0) is 11.3. The lowest BCUT2D eigenvalue weighted by molar-refractivity contribution is -0.117. The molecule has 15 heavy (non-hydrogen) atoms. The molecule has 0 saturated carbocycles. The van der Waals surface area contributed by atoms with Crippen LogP contribution < -0.4 is 5.32 Å². The van der Waals surface area contributed by atoms with Gasteiger partial charge in [-0.25, -0.2) is 0 Å².